The van der Waals surface area contributed by atoms with Gasteiger partial charge in [0.2, 0.25) is 0 Å². The Morgan fingerprint density at radius 1 is 0.688 bits per heavy atom. The molecule has 5 N–H and O–H groups in total. The topological polar surface area (TPSA) is 118 Å². The molecule has 0 aromatic heterocycles. The summed E-state index contributed by atoms with van der Waals surface area (Å²) in [4.78, 5) is 30.5. The van der Waals surface area contributed by atoms with Crippen LogP contribution in [-0.4, -0.2) is 44.3 Å². The molecule has 3 aromatic carbocycles. The van der Waals surface area contributed by atoms with Crippen LogP contribution in [0, 0.1) is 11.8 Å². The van der Waals surface area contributed by atoms with Gasteiger partial charge in [-0.3, -0.25) is 0 Å². The van der Waals surface area contributed by atoms with Crippen LogP contribution >= 0.6 is 7.72 Å². The van der Waals surface area contributed by atoms with Crippen LogP contribution < -0.4 is 10.6 Å². The van der Waals surface area contributed by atoms with Crippen LogP contribution in [0.25, 0.3) is 0 Å². The van der Waals surface area contributed by atoms with E-state index >= 15 is 0 Å². The number of carbonyl (C=O) groups is 1. The van der Waals surface area contributed by atoms with E-state index in [4.69, 9.17) is 15.3 Å². The van der Waals surface area contributed by atoms with Crippen LogP contribution in [-0.2, 0) is 0 Å². The molecule has 0 aliphatic rings. The standard InChI is InChI=1S/C12H13O2P.C7H6O2.C6H14O2/c13-15(14,11-7-3-1-4-8-11)12-9-5-2-6-10-12;8-7(9)6-4-2-1-3-5-6;1-5(3-7)6(2)4-8/h1-10,13-15H;1-5H,(H,8,9);5-8H,3-4H2,1-2H3. The molecular weight excluding hydrogens is 427 g/mol. The first-order chi connectivity index (χ1) is 15.2. The molecule has 3 aromatic rings. The summed E-state index contributed by atoms with van der Waals surface area (Å²) in [6.07, 6.45) is 0. The van der Waals surface area contributed by atoms with Gasteiger partial charge in [0.25, 0.3) is 0 Å². The van der Waals surface area contributed by atoms with Crippen LogP contribution in [0.3, 0.4) is 0 Å². The Morgan fingerprint density at radius 2 is 1.00 bits per heavy atom. The molecule has 7 heteroatoms. The SMILES string of the molecule is CC(CO)C(C)CO.O=C(O)c1ccccc1.O[PH](O)(c1ccccc1)c1ccccc1. The second-order valence-corrected chi connectivity index (χ2v) is 9.89. The Balaban J connectivity index is 0.000000260. The van der Waals surface area contributed by atoms with Crippen LogP contribution in [0.15, 0.2) is 91.0 Å². The quantitative estimate of drug-likeness (QED) is 0.361. The zero-order valence-electron chi connectivity index (χ0n) is 18.4. The van der Waals surface area contributed by atoms with Crippen molar-refractivity contribution >= 4 is 24.3 Å². The van der Waals surface area contributed by atoms with E-state index in [9.17, 15) is 14.6 Å². The summed E-state index contributed by atoms with van der Waals surface area (Å²) in [6.45, 7) is 4.17. The molecule has 0 spiro atoms. The van der Waals surface area contributed by atoms with Gasteiger partial charge in [0, 0.05) is 13.2 Å². The van der Waals surface area contributed by atoms with Crippen LogP contribution in [0.5, 0.6) is 0 Å². The Labute approximate surface area is 190 Å². The molecule has 0 aliphatic heterocycles. The van der Waals surface area contributed by atoms with Gasteiger partial charge in [-0.25, -0.2) is 4.79 Å². The fourth-order valence-electron chi connectivity index (χ4n) is 2.45. The van der Waals surface area contributed by atoms with Crippen molar-refractivity contribution in [2.75, 3.05) is 13.2 Å². The molecule has 0 amide bonds. The molecule has 2 atom stereocenters. The Morgan fingerprint density at radius 3 is 1.25 bits per heavy atom. The molecular formula is C25H33O6P. The number of rotatable bonds is 6. The summed E-state index contributed by atoms with van der Waals surface area (Å²) in [6, 6.07) is 26.3. The van der Waals surface area contributed by atoms with Crippen LogP contribution in [0.4, 0.5) is 0 Å². The van der Waals surface area contributed by atoms with Crippen molar-refractivity contribution in [3.05, 3.63) is 96.6 Å². The van der Waals surface area contributed by atoms with E-state index in [0.717, 1.165) is 0 Å². The van der Waals surface area contributed by atoms with E-state index in [-0.39, 0.29) is 25.0 Å². The summed E-state index contributed by atoms with van der Waals surface area (Å²) >= 11 is 0. The van der Waals surface area contributed by atoms with Gasteiger partial charge in [-0.1, -0.05) is 32.0 Å². The summed E-state index contributed by atoms with van der Waals surface area (Å²) in [7, 11) is -3.46. The predicted octanol–water partition coefficient (Wildman–Crippen LogP) is 2.83. The van der Waals surface area contributed by atoms with Gasteiger partial charge >= 0.3 is 94.7 Å². The van der Waals surface area contributed by atoms with Crippen LogP contribution in [0.2, 0.25) is 0 Å². The first-order valence-corrected chi connectivity index (χ1v) is 12.2. The molecule has 0 bridgehead atoms. The molecule has 6 nitrogen and oxygen atoms in total. The van der Waals surface area contributed by atoms with Gasteiger partial charge in [0.15, 0.2) is 0 Å². The molecule has 0 fully saturated rings. The molecule has 0 heterocycles. The molecule has 0 saturated carbocycles. The monoisotopic (exact) mass is 460 g/mol. The molecule has 32 heavy (non-hydrogen) atoms. The van der Waals surface area contributed by atoms with Gasteiger partial charge in [-0.05, 0) is 24.0 Å². The predicted molar refractivity (Wildman–Crippen MR) is 131 cm³/mol. The summed E-state index contributed by atoms with van der Waals surface area (Å²) in [5, 5.41) is 26.7. The van der Waals surface area contributed by atoms with Gasteiger partial charge in [0.05, 0.1) is 5.56 Å². The third-order valence-electron chi connectivity index (χ3n) is 4.92. The molecule has 2 unspecified atom stereocenters. The van der Waals surface area contributed by atoms with Crippen LogP contribution in [0.1, 0.15) is 24.2 Å². The molecule has 3 rings (SSSR count). The van der Waals surface area contributed by atoms with Crippen molar-refractivity contribution in [3.8, 4) is 0 Å². The number of hydrogen-bond donors (Lipinski definition) is 5. The Hall–Kier alpha value is -2.60. The van der Waals surface area contributed by atoms with E-state index < -0.39 is 13.7 Å². The first-order valence-electron chi connectivity index (χ1n) is 10.3. The number of benzene rings is 3. The fourth-order valence-corrected chi connectivity index (χ4v) is 4.10. The minimum absolute atomic E-state index is 0.168. The maximum absolute atomic E-state index is 10.2. The Bertz CT molecular complexity index is 839. The van der Waals surface area contributed by atoms with Crippen molar-refractivity contribution in [1.82, 2.24) is 0 Å². The van der Waals surface area contributed by atoms with Crippen molar-refractivity contribution in [2.45, 2.75) is 13.8 Å². The number of aliphatic hydroxyl groups excluding tert-OH is 2. The van der Waals surface area contributed by atoms with E-state index in [1.54, 1.807) is 54.6 Å². The van der Waals surface area contributed by atoms with Crippen molar-refractivity contribution in [3.63, 3.8) is 0 Å². The number of carboxylic acid groups (broad SMARTS) is 1. The second kappa shape index (κ2) is 14.5. The first kappa shape index (κ1) is 27.4. The van der Waals surface area contributed by atoms with Crippen molar-refractivity contribution in [1.29, 1.82) is 0 Å². The van der Waals surface area contributed by atoms with Gasteiger partial charge in [-0.15, -0.1) is 0 Å². The van der Waals surface area contributed by atoms with Gasteiger partial charge in [-0.2, -0.15) is 0 Å². The van der Waals surface area contributed by atoms with Crippen molar-refractivity contribution in [2.24, 2.45) is 11.8 Å². The van der Waals surface area contributed by atoms with Crippen molar-refractivity contribution < 1.29 is 29.9 Å². The normalized spacial score (nSPS) is 12.8. The van der Waals surface area contributed by atoms with E-state index in [1.807, 2.05) is 50.2 Å². The molecule has 0 aliphatic carbocycles. The maximum atomic E-state index is 10.2. The fraction of sp³-hybridized carbons (Fsp3) is 0.240. The third-order valence-corrected chi connectivity index (χ3v) is 7.20. The summed E-state index contributed by atoms with van der Waals surface area (Å²) in [5.74, 6) is -0.435. The number of carboxylic acids is 1. The molecule has 0 radical (unpaired) electrons. The summed E-state index contributed by atoms with van der Waals surface area (Å²) in [5.41, 5.74) is 0.331. The third kappa shape index (κ3) is 9.27. The average Bonchev–Trinajstić information content (AvgIpc) is 2.85. The number of aliphatic hydroxyl groups is 2. The van der Waals surface area contributed by atoms with E-state index in [1.165, 1.54) is 0 Å². The minimum atomic E-state index is -3.46. The van der Waals surface area contributed by atoms with E-state index in [2.05, 4.69) is 0 Å². The zero-order valence-corrected chi connectivity index (χ0v) is 19.4. The number of aromatic carboxylic acids is 1. The number of hydrogen-bond acceptors (Lipinski definition) is 5. The zero-order chi connectivity index (χ0) is 24.0. The Kier molecular flexibility index (Phi) is 12.4. The van der Waals surface area contributed by atoms with E-state index in [0.29, 0.717) is 16.2 Å². The van der Waals surface area contributed by atoms with Gasteiger partial charge < -0.3 is 15.3 Å². The summed E-state index contributed by atoms with van der Waals surface area (Å²) < 4.78 is 0. The van der Waals surface area contributed by atoms with Gasteiger partial charge in [0.1, 0.15) is 0 Å². The second-order valence-electron chi connectivity index (χ2n) is 7.40. The average molecular weight is 461 g/mol. The molecule has 0 saturated heterocycles. The molecule has 174 valence electrons.